The van der Waals surface area contributed by atoms with Crippen molar-refractivity contribution in [3.63, 3.8) is 0 Å². The number of nitrogens with zero attached hydrogens (tertiary/aromatic N) is 2. The van der Waals surface area contributed by atoms with Crippen LogP contribution in [0.5, 0.6) is 0 Å². The van der Waals surface area contributed by atoms with Gasteiger partial charge >= 0.3 is 0 Å². The Balaban J connectivity index is 1.99. The monoisotopic (exact) mass is 300 g/mol. The van der Waals surface area contributed by atoms with Crippen molar-refractivity contribution < 1.29 is 9.53 Å². The van der Waals surface area contributed by atoms with Gasteiger partial charge in [0.2, 0.25) is 0 Å². The van der Waals surface area contributed by atoms with Crippen molar-refractivity contribution in [3.05, 3.63) is 47.4 Å². The highest BCUT2D eigenvalue weighted by atomic mass is 16.5. The van der Waals surface area contributed by atoms with Gasteiger partial charge in [-0.2, -0.15) is 0 Å². The minimum absolute atomic E-state index is 0.262. The molecule has 22 heavy (non-hydrogen) atoms. The molecule has 0 aliphatic rings. The number of methoxy groups -OCH3 is 1. The number of amides is 1. The summed E-state index contributed by atoms with van der Waals surface area (Å²) in [5.41, 5.74) is 3.66. The number of hydrogen-bond acceptors (Lipinski definition) is 5. The van der Waals surface area contributed by atoms with Crippen molar-refractivity contribution >= 4 is 17.4 Å². The van der Waals surface area contributed by atoms with Crippen molar-refractivity contribution in [2.45, 2.75) is 13.8 Å². The number of ether oxygens (including phenoxy) is 1. The van der Waals surface area contributed by atoms with Crippen LogP contribution < -0.4 is 10.6 Å². The van der Waals surface area contributed by atoms with Gasteiger partial charge < -0.3 is 15.4 Å². The number of nitrogens with one attached hydrogen (secondary N) is 2. The first kappa shape index (κ1) is 15.9. The molecule has 0 saturated carbocycles. The molecule has 0 saturated heterocycles. The largest absolute Gasteiger partial charge is 0.383 e. The van der Waals surface area contributed by atoms with Crippen LogP contribution in [-0.4, -0.2) is 36.1 Å². The highest BCUT2D eigenvalue weighted by Gasteiger charge is 2.07. The van der Waals surface area contributed by atoms with E-state index in [0.717, 1.165) is 5.69 Å². The second-order valence-corrected chi connectivity index (χ2v) is 4.96. The quantitative estimate of drug-likeness (QED) is 0.800. The normalized spacial score (nSPS) is 10.3. The number of rotatable bonds is 6. The fraction of sp³-hybridized carbons (Fsp3) is 0.312. The molecule has 6 heteroatoms. The maximum Gasteiger partial charge on any atom is 0.271 e. The highest BCUT2D eigenvalue weighted by molar-refractivity contribution is 5.92. The number of carbonyl (C=O) groups excluding carboxylic acids is 1. The zero-order valence-electron chi connectivity index (χ0n) is 13.0. The van der Waals surface area contributed by atoms with Gasteiger partial charge in [0, 0.05) is 19.3 Å². The number of hydrogen-bond donors (Lipinski definition) is 2. The zero-order chi connectivity index (χ0) is 15.9. The second kappa shape index (κ2) is 7.51. The lowest BCUT2D eigenvalue weighted by Crippen LogP contribution is -2.27. The topological polar surface area (TPSA) is 76.1 Å². The van der Waals surface area contributed by atoms with Crippen LogP contribution in [0.25, 0.3) is 0 Å². The zero-order valence-corrected chi connectivity index (χ0v) is 13.0. The molecule has 1 aromatic heterocycles. The maximum absolute atomic E-state index is 11.8. The Labute approximate surface area is 129 Å². The average molecular weight is 300 g/mol. The Hall–Kier alpha value is -2.47. The molecule has 0 atom stereocenters. The molecule has 0 aliphatic carbocycles. The van der Waals surface area contributed by atoms with Crippen LogP contribution in [0.4, 0.5) is 11.5 Å². The van der Waals surface area contributed by atoms with Crippen LogP contribution in [-0.2, 0) is 4.74 Å². The van der Waals surface area contributed by atoms with Crippen LogP contribution in [0.1, 0.15) is 21.6 Å². The van der Waals surface area contributed by atoms with E-state index in [1.54, 1.807) is 13.3 Å². The lowest BCUT2D eigenvalue weighted by Gasteiger charge is -2.08. The Kier molecular flexibility index (Phi) is 5.43. The van der Waals surface area contributed by atoms with Crippen LogP contribution >= 0.6 is 0 Å². The summed E-state index contributed by atoms with van der Waals surface area (Å²) >= 11 is 0. The molecule has 2 N–H and O–H groups in total. The van der Waals surface area contributed by atoms with Gasteiger partial charge in [-0.15, -0.1) is 0 Å². The van der Waals surface area contributed by atoms with E-state index in [0.29, 0.717) is 19.0 Å². The first-order chi connectivity index (χ1) is 10.6. The van der Waals surface area contributed by atoms with E-state index in [4.69, 9.17) is 4.74 Å². The molecule has 1 heterocycles. The number of carbonyl (C=O) groups is 1. The molecule has 2 rings (SSSR count). The number of benzene rings is 1. The van der Waals surface area contributed by atoms with Crippen LogP contribution in [0.15, 0.2) is 30.6 Å². The van der Waals surface area contributed by atoms with Gasteiger partial charge in [-0.1, -0.05) is 6.07 Å². The van der Waals surface area contributed by atoms with Crippen molar-refractivity contribution in [2.75, 3.05) is 25.6 Å². The summed E-state index contributed by atoms with van der Waals surface area (Å²) in [5, 5.41) is 5.86. The predicted molar refractivity (Wildman–Crippen MR) is 85.4 cm³/mol. The number of anilines is 2. The van der Waals surface area contributed by atoms with Crippen molar-refractivity contribution in [3.8, 4) is 0 Å². The summed E-state index contributed by atoms with van der Waals surface area (Å²) in [6.07, 6.45) is 2.99. The van der Waals surface area contributed by atoms with Crippen molar-refractivity contribution in [1.82, 2.24) is 15.3 Å². The van der Waals surface area contributed by atoms with Gasteiger partial charge in [0.25, 0.3) is 5.91 Å². The maximum atomic E-state index is 11.8. The SMILES string of the molecule is COCCNC(=O)c1cnc(Nc2ccc(C)c(C)c2)cn1. The Bertz CT molecular complexity index is 641. The van der Waals surface area contributed by atoms with Gasteiger partial charge in [-0.3, -0.25) is 4.79 Å². The third-order valence-electron chi connectivity index (χ3n) is 3.26. The molecular formula is C16H20N4O2. The molecule has 0 bridgehead atoms. The van der Waals surface area contributed by atoms with Crippen molar-refractivity contribution in [1.29, 1.82) is 0 Å². The van der Waals surface area contributed by atoms with Gasteiger partial charge in [0.1, 0.15) is 11.5 Å². The van der Waals surface area contributed by atoms with Gasteiger partial charge in [0.05, 0.1) is 19.0 Å². The molecule has 116 valence electrons. The lowest BCUT2D eigenvalue weighted by atomic mass is 10.1. The van der Waals surface area contributed by atoms with Gasteiger partial charge in [-0.25, -0.2) is 9.97 Å². The summed E-state index contributed by atoms with van der Waals surface area (Å²) < 4.78 is 4.87. The van der Waals surface area contributed by atoms with Crippen LogP contribution in [0, 0.1) is 13.8 Å². The standard InChI is InChI=1S/C16H20N4O2/c1-11-4-5-13(8-12(11)2)20-15-10-18-14(9-19-15)16(21)17-6-7-22-3/h4-5,8-10H,6-7H2,1-3H3,(H,17,21)(H,19,20). The van der Waals surface area contributed by atoms with E-state index in [1.165, 1.54) is 17.3 Å². The van der Waals surface area contributed by atoms with Gasteiger partial charge in [-0.05, 0) is 37.1 Å². The van der Waals surface area contributed by atoms with Crippen LogP contribution in [0.2, 0.25) is 0 Å². The minimum atomic E-state index is -0.262. The number of aromatic nitrogens is 2. The fourth-order valence-electron chi connectivity index (χ4n) is 1.83. The van der Waals surface area contributed by atoms with E-state index >= 15 is 0 Å². The summed E-state index contributed by atoms with van der Waals surface area (Å²) in [6.45, 7) is 5.03. The Morgan fingerprint density at radius 3 is 2.64 bits per heavy atom. The fourth-order valence-corrected chi connectivity index (χ4v) is 1.83. The highest BCUT2D eigenvalue weighted by Crippen LogP contribution is 2.17. The Morgan fingerprint density at radius 1 is 1.18 bits per heavy atom. The molecule has 1 aromatic carbocycles. The van der Waals surface area contributed by atoms with E-state index in [1.807, 2.05) is 18.2 Å². The molecule has 0 fully saturated rings. The first-order valence-corrected chi connectivity index (χ1v) is 7.03. The molecule has 6 nitrogen and oxygen atoms in total. The molecule has 0 spiro atoms. The van der Waals surface area contributed by atoms with Crippen molar-refractivity contribution in [2.24, 2.45) is 0 Å². The lowest BCUT2D eigenvalue weighted by molar-refractivity contribution is 0.0932. The summed E-state index contributed by atoms with van der Waals surface area (Å²) in [6, 6.07) is 6.07. The second-order valence-electron chi connectivity index (χ2n) is 4.96. The molecule has 2 aromatic rings. The van der Waals surface area contributed by atoms with E-state index < -0.39 is 0 Å². The summed E-state index contributed by atoms with van der Waals surface area (Å²) in [4.78, 5) is 20.1. The Morgan fingerprint density at radius 2 is 2.00 bits per heavy atom. The molecular weight excluding hydrogens is 280 g/mol. The number of aryl methyl sites for hydroxylation is 2. The van der Waals surface area contributed by atoms with E-state index in [9.17, 15) is 4.79 Å². The molecule has 0 aliphatic heterocycles. The summed E-state index contributed by atoms with van der Waals surface area (Å²) in [5.74, 6) is 0.332. The third-order valence-corrected chi connectivity index (χ3v) is 3.26. The first-order valence-electron chi connectivity index (χ1n) is 7.03. The van der Waals surface area contributed by atoms with E-state index in [2.05, 4.69) is 34.4 Å². The smallest absolute Gasteiger partial charge is 0.271 e. The molecule has 0 unspecified atom stereocenters. The molecule has 1 amide bonds. The average Bonchev–Trinajstić information content (AvgIpc) is 2.52. The van der Waals surface area contributed by atoms with Crippen LogP contribution in [0.3, 0.4) is 0 Å². The van der Waals surface area contributed by atoms with Gasteiger partial charge in [0.15, 0.2) is 0 Å². The summed E-state index contributed by atoms with van der Waals surface area (Å²) in [7, 11) is 1.58. The minimum Gasteiger partial charge on any atom is -0.383 e. The predicted octanol–water partition coefficient (Wildman–Crippen LogP) is 2.21. The molecule has 0 radical (unpaired) electrons. The third kappa shape index (κ3) is 4.26. The van der Waals surface area contributed by atoms with E-state index in [-0.39, 0.29) is 11.6 Å².